The average molecular weight is 631 g/mol. The zero-order valence-electron chi connectivity index (χ0n) is 24.9. The summed E-state index contributed by atoms with van der Waals surface area (Å²) < 4.78 is 16.0. The van der Waals surface area contributed by atoms with E-state index in [4.69, 9.17) is 23.2 Å². The second kappa shape index (κ2) is 10.7. The van der Waals surface area contributed by atoms with Gasteiger partial charge in [0.05, 0.1) is 0 Å². The van der Waals surface area contributed by atoms with E-state index in [1.165, 1.54) is 6.20 Å². The number of anilines is 1. The van der Waals surface area contributed by atoms with Crippen LogP contribution in [0.15, 0.2) is 30.5 Å². The van der Waals surface area contributed by atoms with Crippen LogP contribution in [0.1, 0.15) is 75.8 Å². The van der Waals surface area contributed by atoms with Crippen molar-refractivity contribution in [1.82, 2.24) is 20.5 Å². The molecular formula is C32H38Cl2FN5O3. The minimum atomic E-state index is -1.22. The molecule has 0 radical (unpaired) electrons. The number of aromatic nitrogens is 1. The fraction of sp³-hybridized carbons (Fsp3) is 0.562. The molecule has 230 valence electrons. The summed E-state index contributed by atoms with van der Waals surface area (Å²) in [6.45, 7) is 4.45. The molecule has 0 bridgehead atoms. The van der Waals surface area contributed by atoms with Crippen molar-refractivity contribution in [3.63, 3.8) is 0 Å². The zero-order chi connectivity index (χ0) is 30.9. The number of nitrogens with one attached hydrogen (secondary N) is 3. The lowest BCUT2D eigenvalue weighted by molar-refractivity contribution is -0.137. The Morgan fingerprint density at radius 3 is 2.49 bits per heavy atom. The summed E-state index contributed by atoms with van der Waals surface area (Å²) in [5.41, 5.74) is -0.288. The smallest absolute Gasteiger partial charge is 0.237 e. The first-order valence-electron chi connectivity index (χ1n) is 15.0. The number of pyridine rings is 1. The topological polar surface area (TPSA) is 103 Å². The number of benzene rings is 1. The maximum Gasteiger partial charge on any atom is 0.237 e. The van der Waals surface area contributed by atoms with Crippen LogP contribution >= 0.6 is 23.2 Å². The Balaban J connectivity index is 1.42. The van der Waals surface area contributed by atoms with Gasteiger partial charge in [0.2, 0.25) is 17.7 Å². The SMILES string of the molecule is CN(C)C(=O)[C@H]1C[C@H](NC(=O)C[C@@H]2NC3(CCC(C)(C)CC3)[C@@]3(C(=O)Nc4cc(Cl)ccc43)[C@H]2c2ccnc(Cl)c2F)C1. The van der Waals surface area contributed by atoms with Gasteiger partial charge in [0.15, 0.2) is 11.0 Å². The molecule has 2 aliphatic heterocycles. The summed E-state index contributed by atoms with van der Waals surface area (Å²) in [5.74, 6) is -1.93. The van der Waals surface area contributed by atoms with Crippen LogP contribution in [0.4, 0.5) is 10.1 Å². The fourth-order valence-electron chi connectivity index (χ4n) is 8.21. The van der Waals surface area contributed by atoms with E-state index in [0.717, 1.165) is 18.4 Å². The molecular weight excluding hydrogens is 592 g/mol. The van der Waals surface area contributed by atoms with E-state index in [9.17, 15) is 14.4 Å². The standard InChI is InChI=1S/C32H38Cl2FN5O3/c1-30(2)8-10-31(11-9-30)32(21-6-5-18(33)15-22(21)38-29(32)43)25(20-7-12-36-27(34)26(20)35)23(39-31)16-24(41)37-19-13-17(14-19)28(42)40(3)4/h5-7,12,15,17,19,23,25,39H,8-11,13-14,16H2,1-4H3,(H,37,41)(H,38,43)/t17-,19-,23-,25-,32+/m0/s1. The maximum absolute atomic E-state index is 16.0. The van der Waals surface area contributed by atoms with E-state index in [1.54, 1.807) is 37.2 Å². The molecule has 2 spiro atoms. The van der Waals surface area contributed by atoms with Crippen molar-refractivity contribution >= 4 is 46.6 Å². The van der Waals surface area contributed by atoms with Crippen LogP contribution in [-0.2, 0) is 19.8 Å². The van der Waals surface area contributed by atoms with Gasteiger partial charge in [-0.05, 0) is 73.3 Å². The highest BCUT2D eigenvalue weighted by molar-refractivity contribution is 6.31. The molecule has 43 heavy (non-hydrogen) atoms. The predicted octanol–water partition coefficient (Wildman–Crippen LogP) is 5.19. The first kappa shape index (κ1) is 30.3. The Bertz CT molecular complexity index is 1480. The summed E-state index contributed by atoms with van der Waals surface area (Å²) >= 11 is 12.6. The largest absolute Gasteiger partial charge is 0.353 e. The third-order valence-corrected chi connectivity index (χ3v) is 11.0. The lowest BCUT2D eigenvalue weighted by atomic mass is 9.53. The van der Waals surface area contributed by atoms with Gasteiger partial charge in [0, 0.05) is 66.9 Å². The third-order valence-electron chi connectivity index (χ3n) is 10.5. The number of carbonyl (C=O) groups excluding carboxylic acids is 3. The fourth-order valence-corrected chi connectivity index (χ4v) is 8.55. The lowest BCUT2D eigenvalue weighted by Gasteiger charge is -2.50. The van der Waals surface area contributed by atoms with Crippen molar-refractivity contribution in [2.45, 2.75) is 87.7 Å². The van der Waals surface area contributed by atoms with E-state index in [1.807, 2.05) is 6.07 Å². The highest BCUT2D eigenvalue weighted by atomic mass is 35.5. The van der Waals surface area contributed by atoms with Crippen LogP contribution < -0.4 is 16.0 Å². The highest BCUT2D eigenvalue weighted by Crippen LogP contribution is 2.64. The number of halogens is 3. The monoisotopic (exact) mass is 629 g/mol. The summed E-state index contributed by atoms with van der Waals surface area (Å²) in [6.07, 6.45) is 5.68. The van der Waals surface area contributed by atoms with Gasteiger partial charge in [-0.3, -0.25) is 14.4 Å². The summed E-state index contributed by atoms with van der Waals surface area (Å²) in [4.78, 5) is 45.9. The molecule has 11 heteroatoms. The molecule has 2 aromatic rings. The molecule has 1 saturated heterocycles. The van der Waals surface area contributed by atoms with Crippen LogP contribution in [0.5, 0.6) is 0 Å². The van der Waals surface area contributed by atoms with Gasteiger partial charge < -0.3 is 20.9 Å². The van der Waals surface area contributed by atoms with E-state index in [-0.39, 0.29) is 52.2 Å². The van der Waals surface area contributed by atoms with Crippen LogP contribution in [0, 0.1) is 17.2 Å². The Morgan fingerprint density at radius 1 is 1.12 bits per heavy atom. The van der Waals surface area contributed by atoms with E-state index < -0.39 is 28.7 Å². The first-order valence-corrected chi connectivity index (χ1v) is 15.7. The number of hydrogen-bond donors (Lipinski definition) is 3. The maximum atomic E-state index is 16.0. The van der Waals surface area contributed by atoms with Crippen LogP contribution in [0.3, 0.4) is 0 Å². The summed E-state index contributed by atoms with van der Waals surface area (Å²) in [6, 6.07) is 6.25. The molecule has 3 heterocycles. The van der Waals surface area contributed by atoms with Gasteiger partial charge >= 0.3 is 0 Å². The van der Waals surface area contributed by atoms with Gasteiger partial charge in [-0.2, -0.15) is 0 Å². The quantitative estimate of drug-likeness (QED) is 0.395. The molecule has 3 fully saturated rings. The molecule has 4 aliphatic rings. The molecule has 2 aliphatic carbocycles. The van der Waals surface area contributed by atoms with E-state index >= 15 is 4.39 Å². The molecule has 3 N–H and O–H groups in total. The highest BCUT2D eigenvalue weighted by Gasteiger charge is 2.72. The second-order valence-electron chi connectivity index (χ2n) is 13.8. The Morgan fingerprint density at radius 2 is 1.81 bits per heavy atom. The average Bonchev–Trinajstić information content (AvgIpc) is 3.36. The predicted molar refractivity (Wildman–Crippen MR) is 164 cm³/mol. The van der Waals surface area contributed by atoms with Crippen LogP contribution in [0.25, 0.3) is 0 Å². The summed E-state index contributed by atoms with van der Waals surface area (Å²) in [5, 5.41) is 10.2. The van der Waals surface area contributed by atoms with Gasteiger partial charge in [-0.25, -0.2) is 9.37 Å². The minimum absolute atomic E-state index is 0.0237. The summed E-state index contributed by atoms with van der Waals surface area (Å²) in [7, 11) is 3.46. The molecule has 1 aromatic carbocycles. The molecule has 8 nitrogen and oxygen atoms in total. The lowest BCUT2D eigenvalue weighted by Crippen LogP contribution is -2.61. The third kappa shape index (κ3) is 4.82. The molecule has 3 atom stereocenters. The zero-order valence-corrected chi connectivity index (χ0v) is 26.4. The molecule has 1 aromatic heterocycles. The Hall–Kier alpha value is -2.75. The van der Waals surface area contributed by atoms with Crippen LogP contribution in [0.2, 0.25) is 10.2 Å². The number of amides is 3. The normalized spacial score (nSPS) is 30.1. The van der Waals surface area contributed by atoms with Crippen LogP contribution in [-0.4, -0.2) is 59.3 Å². The van der Waals surface area contributed by atoms with Crippen molar-refractivity contribution in [1.29, 1.82) is 0 Å². The molecule has 6 rings (SSSR count). The van der Waals surface area contributed by atoms with E-state index in [2.05, 4.69) is 34.8 Å². The molecule has 2 saturated carbocycles. The number of carbonyl (C=O) groups is 3. The molecule has 3 amide bonds. The molecule has 0 unspecified atom stereocenters. The first-order chi connectivity index (χ1) is 20.3. The number of nitrogens with zero attached hydrogens (tertiary/aromatic N) is 2. The van der Waals surface area contributed by atoms with Crippen molar-refractivity contribution < 1.29 is 18.8 Å². The van der Waals surface area contributed by atoms with Crippen molar-refractivity contribution in [3.8, 4) is 0 Å². The number of fused-ring (bicyclic) bond motifs is 3. The van der Waals surface area contributed by atoms with Gasteiger partial charge in [0.1, 0.15) is 5.41 Å². The van der Waals surface area contributed by atoms with Crippen molar-refractivity contribution in [2.24, 2.45) is 11.3 Å². The van der Waals surface area contributed by atoms with Gasteiger partial charge in [0.25, 0.3) is 0 Å². The minimum Gasteiger partial charge on any atom is -0.353 e. The Kier molecular flexibility index (Phi) is 7.54. The number of rotatable bonds is 5. The number of hydrogen-bond acceptors (Lipinski definition) is 5. The second-order valence-corrected chi connectivity index (χ2v) is 14.6. The van der Waals surface area contributed by atoms with Crippen molar-refractivity contribution in [3.05, 3.63) is 57.6 Å². The van der Waals surface area contributed by atoms with E-state index in [0.29, 0.717) is 36.4 Å². The van der Waals surface area contributed by atoms with Gasteiger partial charge in [-0.15, -0.1) is 0 Å². The van der Waals surface area contributed by atoms with Gasteiger partial charge in [-0.1, -0.05) is 43.1 Å². The Labute approximate surface area is 261 Å². The van der Waals surface area contributed by atoms with Crippen molar-refractivity contribution in [2.75, 3.05) is 19.4 Å².